The number of fused-ring (bicyclic) bond motifs is 2. The predicted molar refractivity (Wildman–Crippen MR) is 106 cm³/mol. The van der Waals surface area contributed by atoms with E-state index in [9.17, 15) is 9.59 Å². The van der Waals surface area contributed by atoms with Crippen LogP contribution < -0.4 is 25.8 Å². The van der Waals surface area contributed by atoms with Crippen LogP contribution in [-0.4, -0.2) is 22.4 Å². The number of carbonyl (C=O) groups is 1. The van der Waals surface area contributed by atoms with Gasteiger partial charge in [-0.15, -0.1) is 0 Å². The monoisotopic (exact) mass is 380 g/mol. The zero-order chi connectivity index (χ0) is 19.7. The molecule has 0 aliphatic carbocycles. The number of anilines is 2. The minimum Gasteiger partial charge on any atom is -0.454 e. The quantitative estimate of drug-likeness (QED) is 0.723. The summed E-state index contributed by atoms with van der Waals surface area (Å²) in [5.74, 6) is 1.83. The Morgan fingerprint density at radius 2 is 1.93 bits per heavy atom. The Balaban J connectivity index is 1.66. The number of hydrogen-bond donors (Lipinski definition) is 2. The van der Waals surface area contributed by atoms with E-state index in [2.05, 4.69) is 15.6 Å². The molecule has 2 heterocycles. The normalized spacial score (nSPS) is 12.4. The zero-order valence-electron chi connectivity index (χ0n) is 15.6. The smallest absolute Gasteiger partial charge is 0.349 e. The molecule has 1 aliphatic heterocycles. The fraction of sp³-hybridized carbons (Fsp3) is 0.250. The molecular formula is C20H20N4O4. The first-order valence-corrected chi connectivity index (χ1v) is 8.98. The van der Waals surface area contributed by atoms with Crippen LogP contribution in [0.5, 0.6) is 11.5 Å². The van der Waals surface area contributed by atoms with Crippen LogP contribution in [-0.2, 0) is 6.54 Å². The van der Waals surface area contributed by atoms with Gasteiger partial charge in [0.05, 0.1) is 5.52 Å². The molecule has 2 amide bonds. The van der Waals surface area contributed by atoms with Gasteiger partial charge in [-0.05, 0) is 30.2 Å². The fourth-order valence-electron chi connectivity index (χ4n) is 3.09. The van der Waals surface area contributed by atoms with Gasteiger partial charge in [0.1, 0.15) is 5.82 Å². The Hall–Kier alpha value is -3.55. The molecule has 0 saturated carbocycles. The molecule has 8 nitrogen and oxygen atoms in total. The van der Waals surface area contributed by atoms with Crippen molar-refractivity contribution in [1.29, 1.82) is 0 Å². The van der Waals surface area contributed by atoms with Crippen LogP contribution in [0.2, 0.25) is 0 Å². The van der Waals surface area contributed by atoms with Gasteiger partial charge >= 0.3 is 11.7 Å². The molecule has 2 aromatic carbocycles. The molecule has 28 heavy (non-hydrogen) atoms. The number of nitrogens with zero attached hydrogens (tertiary/aromatic N) is 2. The summed E-state index contributed by atoms with van der Waals surface area (Å²) in [5.41, 5.74) is 0.689. The van der Waals surface area contributed by atoms with E-state index in [1.54, 1.807) is 30.3 Å². The zero-order valence-corrected chi connectivity index (χ0v) is 15.6. The third-order valence-corrected chi connectivity index (χ3v) is 4.29. The number of urea groups is 1. The van der Waals surface area contributed by atoms with Crippen LogP contribution in [0.25, 0.3) is 10.9 Å². The average molecular weight is 380 g/mol. The van der Waals surface area contributed by atoms with Gasteiger partial charge in [-0.25, -0.2) is 9.59 Å². The summed E-state index contributed by atoms with van der Waals surface area (Å²) in [6.45, 7) is 4.60. The van der Waals surface area contributed by atoms with Crippen LogP contribution in [0.1, 0.15) is 13.8 Å². The topological polar surface area (TPSA) is 94.5 Å². The van der Waals surface area contributed by atoms with E-state index in [-0.39, 0.29) is 12.7 Å². The second kappa shape index (κ2) is 7.22. The summed E-state index contributed by atoms with van der Waals surface area (Å²) in [5, 5.41) is 6.28. The van der Waals surface area contributed by atoms with Crippen molar-refractivity contribution in [3.8, 4) is 11.5 Å². The minimum atomic E-state index is -0.466. The van der Waals surface area contributed by atoms with E-state index >= 15 is 0 Å². The Morgan fingerprint density at radius 3 is 2.75 bits per heavy atom. The summed E-state index contributed by atoms with van der Waals surface area (Å²) in [6, 6.07) is 11.9. The Kier molecular flexibility index (Phi) is 4.60. The lowest BCUT2D eigenvalue weighted by atomic mass is 10.2. The first-order valence-electron chi connectivity index (χ1n) is 8.98. The van der Waals surface area contributed by atoms with Gasteiger partial charge in [-0.2, -0.15) is 4.98 Å². The van der Waals surface area contributed by atoms with Gasteiger partial charge in [0.2, 0.25) is 6.79 Å². The summed E-state index contributed by atoms with van der Waals surface area (Å²) >= 11 is 0. The fourth-order valence-corrected chi connectivity index (χ4v) is 3.09. The molecule has 0 unspecified atom stereocenters. The van der Waals surface area contributed by atoms with Crippen molar-refractivity contribution in [3.63, 3.8) is 0 Å². The first-order chi connectivity index (χ1) is 13.5. The maximum atomic E-state index is 12.6. The lowest BCUT2D eigenvalue weighted by Crippen LogP contribution is -2.31. The van der Waals surface area contributed by atoms with E-state index in [0.717, 1.165) is 0 Å². The molecule has 0 fully saturated rings. The van der Waals surface area contributed by atoms with Crippen LogP contribution in [0.3, 0.4) is 0 Å². The van der Waals surface area contributed by atoms with E-state index in [1.807, 2.05) is 26.0 Å². The molecule has 3 aromatic rings. The van der Waals surface area contributed by atoms with Crippen molar-refractivity contribution in [2.75, 3.05) is 17.4 Å². The van der Waals surface area contributed by atoms with Gasteiger partial charge in [-0.3, -0.25) is 9.88 Å². The van der Waals surface area contributed by atoms with Gasteiger partial charge in [0.15, 0.2) is 11.5 Å². The lowest BCUT2D eigenvalue weighted by molar-refractivity contribution is 0.174. The average Bonchev–Trinajstić information content (AvgIpc) is 3.12. The second-order valence-electron chi connectivity index (χ2n) is 6.91. The highest BCUT2D eigenvalue weighted by Crippen LogP contribution is 2.34. The SMILES string of the molecule is CC(C)Cn1c(NC(=O)Nc2ccc3c(c2)OCO3)c2ccccc2nc1=O. The highest BCUT2D eigenvalue weighted by atomic mass is 16.7. The van der Waals surface area contributed by atoms with E-state index < -0.39 is 11.7 Å². The third kappa shape index (κ3) is 3.48. The predicted octanol–water partition coefficient (Wildman–Crippen LogP) is 3.43. The molecule has 0 atom stereocenters. The third-order valence-electron chi connectivity index (χ3n) is 4.29. The van der Waals surface area contributed by atoms with Gasteiger partial charge in [0, 0.05) is 23.7 Å². The standard InChI is InChI=1S/C20H20N4O4/c1-12(2)10-24-18(14-5-3-4-6-15(14)22-20(24)26)23-19(25)21-13-7-8-16-17(9-13)28-11-27-16/h3-9,12H,10-11H2,1-2H3,(H2,21,23,25). The highest BCUT2D eigenvalue weighted by Gasteiger charge is 2.17. The van der Waals surface area contributed by atoms with Crippen LogP contribution in [0, 0.1) is 5.92 Å². The summed E-state index contributed by atoms with van der Waals surface area (Å²) < 4.78 is 12.1. The van der Waals surface area contributed by atoms with Crippen molar-refractivity contribution in [2.24, 2.45) is 5.92 Å². The molecule has 8 heteroatoms. The number of amides is 2. The largest absolute Gasteiger partial charge is 0.454 e. The molecule has 1 aliphatic rings. The van der Waals surface area contributed by atoms with Crippen molar-refractivity contribution < 1.29 is 14.3 Å². The van der Waals surface area contributed by atoms with E-state index in [4.69, 9.17) is 9.47 Å². The number of rotatable bonds is 4. The number of para-hydroxylation sites is 1. The molecule has 0 bridgehead atoms. The maximum Gasteiger partial charge on any atom is 0.349 e. The molecule has 2 N–H and O–H groups in total. The summed E-state index contributed by atoms with van der Waals surface area (Å²) in [4.78, 5) is 29.3. The van der Waals surface area contributed by atoms with E-state index in [0.29, 0.717) is 40.5 Å². The van der Waals surface area contributed by atoms with Crippen molar-refractivity contribution in [2.45, 2.75) is 20.4 Å². The highest BCUT2D eigenvalue weighted by molar-refractivity contribution is 6.04. The van der Waals surface area contributed by atoms with Crippen molar-refractivity contribution in [3.05, 3.63) is 52.9 Å². The molecule has 4 rings (SSSR count). The Labute approximate surface area is 161 Å². The molecule has 144 valence electrons. The number of hydrogen-bond acceptors (Lipinski definition) is 5. The van der Waals surface area contributed by atoms with Gasteiger partial charge < -0.3 is 14.8 Å². The molecular weight excluding hydrogens is 360 g/mol. The first kappa shape index (κ1) is 17.8. The van der Waals surface area contributed by atoms with E-state index in [1.165, 1.54) is 4.57 Å². The minimum absolute atomic E-state index is 0.162. The van der Waals surface area contributed by atoms with Crippen LogP contribution in [0.15, 0.2) is 47.3 Å². The van der Waals surface area contributed by atoms with Crippen LogP contribution in [0.4, 0.5) is 16.3 Å². The van der Waals surface area contributed by atoms with Gasteiger partial charge in [0.25, 0.3) is 0 Å². The number of benzene rings is 2. The summed E-state index contributed by atoms with van der Waals surface area (Å²) in [6.07, 6.45) is 0. The molecule has 0 radical (unpaired) electrons. The lowest BCUT2D eigenvalue weighted by Gasteiger charge is -2.17. The molecule has 0 saturated heterocycles. The van der Waals surface area contributed by atoms with Crippen molar-refractivity contribution >= 4 is 28.4 Å². The number of nitrogens with one attached hydrogen (secondary N) is 2. The Bertz CT molecular complexity index is 1110. The molecule has 1 aromatic heterocycles. The maximum absolute atomic E-state index is 12.6. The van der Waals surface area contributed by atoms with Gasteiger partial charge in [-0.1, -0.05) is 26.0 Å². The van der Waals surface area contributed by atoms with Crippen molar-refractivity contribution in [1.82, 2.24) is 9.55 Å². The number of aromatic nitrogens is 2. The number of carbonyl (C=O) groups excluding carboxylic acids is 1. The molecule has 0 spiro atoms. The number of ether oxygens (including phenoxy) is 2. The Morgan fingerprint density at radius 1 is 1.14 bits per heavy atom. The summed E-state index contributed by atoms with van der Waals surface area (Å²) in [7, 11) is 0. The van der Waals surface area contributed by atoms with Crippen LogP contribution >= 0.6 is 0 Å². The second-order valence-corrected chi connectivity index (χ2v) is 6.91.